The Morgan fingerprint density at radius 1 is 1.55 bits per heavy atom. The molecule has 1 aromatic heterocycles. The summed E-state index contributed by atoms with van der Waals surface area (Å²) in [5.41, 5.74) is 6.92. The zero-order valence-corrected chi connectivity index (χ0v) is 7.04. The van der Waals surface area contributed by atoms with Crippen LogP contribution in [0.1, 0.15) is 19.5 Å². The highest BCUT2D eigenvalue weighted by atomic mass is 14.7. The van der Waals surface area contributed by atoms with Crippen molar-refractivity contribution in [3.8, 4) is 0 Å². The van der Waals surface area contributed by atoms with Crippen LogP contribution in [0, 0.1) is 0 Å². The van der Waals surface area contributed by atoms with Crippen molar-refractivity contribution in [1.82, 2.24) is 4.98 Å². The highest BCUT2D eigenvalue weighted by molar-refractivity contribution is 5.58. The standard InChI is InChI=1S/C7H8N2.C2H6/c1-2-7-6(8)4-3-5-9-7;1-2/h2-5H,1,8H2;1-2H3. The quantitative estimate of drug-likeness (QED) is 0.667. The Morgan fingerprint density at radius 2 is 2.18 bits per heavy atom. The van der Waals surface area contributed by atoms with Crippen molar-refractivity contribution in [2.24, 2.45) is 0 Å². The van der Waals surface area contributed by atoms with Gasteiger partial charge in [-0.15, -0.1) is 0 Å². The predicted molar refractivity (Wildman–Crippen MR) is 50.1 cm³/mol. The maximum Gasteiger partial charge on any atom is 0.0852 e. The largest absolute Gasteiger partial charge is 0.397 e. The average Bonchev–Trinajstić information content (AvgIpc) is 2.09. The van der Waals surface area contributed by atoms with Crippen LogP contribution in [0.5, 0.6) is 0 Å². The third-order valence-corrected chi connectivity index (χ3v) is 1.06. The van der Waals surface area contributed by atoms with E-state index < -0.39 is 0 Å². The minimum absolute atomic E-state index is 0.674. The van der Waals surface area contributed by atoms with Gasteiger partial charge >= 0.3 is 0 Å². The molecule has 0 aliphatic carbocycles. The molecule has 2 N–H and O–H groups in total. The van der Waals surface area contributed by atoms with Gasteiger partial charge < -0.3 is 5.73 Å². The molecule has 0 saturated carbocycles. The Balaban J connectivity index is 0.000000461. The number of rotatable bonds is 1. The fourth-order valence-electron chi connectivity index (χ4n) is 0.601. The highest BCUT2D eigenvalue weighted by Gasteiger charge is 1.89. The third kappa shape index (κ3) is 2.85. The van der Waals surface area contributed by atoms with Crippen LogP contribution in [0.25, 0.3) is 6.08 Å². The summed E-state index contributed by atoms with van der Waals surface area (Å²) in [5, 5.41) is 0. The summed E-state index contributed by atoms with van der Waals surface area (Å²) < 4.78 is 0. The first kappa shape index (κ1) is 9.69. The van der Waals surface area contributed by atoms with E-state index in [1.54, 1.807) is 24.4 Å². The highest BCUT2D eigenvalue weighted by Crippen LogP contribution is 2.06. The maximum absolute atomic E-state index is 5.50. The Kier molecular flexibility index (Phi) is 4.82. The van der Waals surface area contributed by atoms with Gasteiger partial charge in [-0.3, -0.25) is 4.98 Å². The van der Waals surface area contributed by atoms with Gasteiger partial charge in [0.2, 0.25) is 0 Å². The fourth-order valence-corrected chi connectivity index (χ4v) is 0.601. The molecule has 0 aliphatic heterocycles. The molecule has 1 rings (SSSR count). The molecule has 0 radical (unpaired) electrons. The summed E-state index contributed by atoms with van der Waals surface area (Å²) in [4.78, 5) is 3.95. The first-order chi connectivity index (χ1) is 5.34. The first-order valence-electron chi connectivity index (χ1n) is 3.67. The number of nitrogens with two attached hydrogens (primary N) is 1. The topological polar surface area (TPSA) is 38.9 Å². The molecule has 0 amide bonds. The van der Waals surface area contributed by atoms with Crippen molar-refractivity contribution in [3.63, 3.8) is 0 Å². The van der Waals surface area contributed by atoms with Gasteiger partial charge in [-0.1, -0.05) is 20.4 Å². The SMILES string of the molecule is C=Cc1ncccc1N.CC. The second-order valence-corrected chi connectivity index (χ2v) is 1.68. The number of hydrogen-bond donors (Lipinski definition) is 1. The van der Waals surface area contributed by atoms with Crippen molar-refractivity contribution in [2.75, 3.05) is 5.73 Å². The van der Waals surface area contributed by atoms with Crippen LogP contribution in [0.4, 0.5) is 5.69 Å². The Bertz CT molecular complexity index is 219. The van der Waals surface area contributed by atoms with Gasteiger partial charge in [0.15, 0.2) is 0 Å². The van der Waals surface area contributed by atoms with E-state index in [0.717, 1.165) is 5.69 Å². The van der Waals surface area contributed by atoms with Crippen LogP contribution in [0.3, 0.4) is 0 Å². The summed E-state index contributed by atoms with van der Waals surface area (Å²) in [6.07, 6.45) is 3.32. The van der Waals surface area contributed by atoms with E-state index in [2.05, 4.69) is 11.6 Å². The van der Waals surface area contributed by atoms with Crippen molar-refractivity contribution in [1.29, 1.82) is 0 Å². The van der Waals surface area contributed by atoms with Crippen LogP contribution >= 0.6 is 0 Å². The third-order valence-electron chi connectivity index (χ3n) is 1.06. The van der Waals surface area contributed by atoms with Crippen LogP contribution in [-0.4, -0.2) is 4.98 Å². The first-order valence-corrected chi connectivity index (χ1v) is 3.67. The van der Waals surface area contributed by atoms with E-state index >= 15 is 0 Å². The summed E-state index contributed by atoms with van der Waals surface area (Å²) in [7, 11) is 0. The maximum atomic E-state index is 5.50. The molecule has 0 bridgehead atoms. The predicted octanol–water partition coefficient (Wildman–Crippen LogP) is 2.33. The van der Waals surface area contributed by atoms with Gasteiger partial charge in [-0.2, -0.15) is 0 Å². The lowest BCUT2D eigenvalue weighted by Crippen LogP contribution is -1.89. The number of hydrogen-bond acceptors (Lipinski definition) is 2. The summed E-state index contributed by atoms with van der Waals surface area (Å²) in [5.74, 6) is 0. The van der Waals surface area contributed by atoms with Crippen molar-refractivity contribution in [2.45, 2.75) is 13.8 Å². The van der Waals surface area contributed by atoms with Crippen molar-refractivity contribution >= 4 is 11.8 Å². The minimum Gasteiger partial charge on any atom is -0.397 e. The monoisotopic (exact) mass is 150 g/mol. The van der Waals surface area contributed by atoms with Crippen LogP contribution in [0.2, 0.25) is 0 Å². The summed E-state index contributed by atoms with van der Waals surface area (Å²) >= 11 is 0. The molecular formula is C9H14N2. The van der Waals surface area contributed by atoms with Gasteiger partial charge in [0.1, 0.15) is 0 Å². The molecule has 0 aliphatic rings. The number of pyridine rings is 1. The second-order valence-electron chi connectivity index (χ2n) is 1.68. The molecule has 0 fully saturated rings. The molecule has 0 unspecified atom stereocenters. The smallest absolute Gasteiger partial charge is 0.0852 e. The van der Waals surface area contributed by atoms with E-state index in [1.807, 2.05) is 13.8 Å². The van der Waals surface area contributed by atoms with Crippen LogP contribution in [0.15, 0.2) is 24.9 Å². The van der Waals surface area contributed by atoms with E-state index in [4.69, 9.17) is 5.73 Å². The zero-order chi connectivity index (χ0) is 8.69. The summed E-state index contributed by atoms with van der Waals surface area (Å²) in [6, 6.07) is 3.59. The molecule has 2 nitrogen and oxygen atoms in total. The van der Waals surface area contributed by atoms with Crippen LogP contribution < -0.4 is 5.73 Å². The van der Waals surface area contributed by atoms with Gasteiger partial charge in [0, 0.05) is 6.20 Å². The molecule has 2 heteroatoms. The van der Waals surface area contributed by atoms with E-state index in [-0.39, 0.29) is 0 Å². The fraction of sp³-hybridized carbons (Fsp3) is 0.222. The van der Waals surface area contributed by atoms with Crippen molar-refractivity contribution < 1.29 is 0 Å². The molecule has 1 heterocycles. The lowest BCUT2D eigenvalue weighted by molar-refractivity contribution is 1.30. The molecule has 60 valence electrons. The number of anilines is 1. The molecule has 0 aromatic carbocycles. The molecule has 0 spiro atoms. The van der Waals surface area contributed by atoms with Gasteiger partial charge in [-0.25, -0.2) is 0 Å². The lowest BCUT2D eigenvalue weighted by Gasteiger charge is -1.94. The minimum atomic E-state index is 0.674. The van der Waals surface area contributed by atoms with Gasteiger partial charge in [-0.05, 0) is 18.2 Å². The molecule has 0 atom stereocenters. The summed E-state index contributed by atoms with van der Waals surface area (Å²) in [6.45, 7) is 7.55. The second kappa shape index (κ2) is 5.47. The number of nitrogens with zero attached hydrogens (tertiary/aromatic N) is 1. The molecule has 0 saturated heterocycles. The molecular weight excluding hydrogens is 136 g/mol. The van der Waals surface area contributed by atoms with Crippen molar-refractivity contribution in [3.05, 3.63) is 30.6 Å². The Morgan fingerprint density at radius 3 is 2.55 bits per heavy atom. The van der Waals surface area contributed by atoms with Gasteiger partial charge in [0.25, 0.3) is 0 Å². The average molecular weight is 150 g/mol. The van der Waals surface area contributed by atoms with E-state index in [9.17, 15) is 0 Å². The number of nitrogen functional groups attached to an aromatic ring is 1. The number of aromatic nitrogens is 1. The van der Waals surface area contributed by atoms with Gasteiger partial charge in [0.05, 0.1) is 11.4 Å². The lowest BCUT2D eigenvalue weighted by atomic mass is 10.3. The Labute approximate surface area is 67.8 Å². The van der Waals surface area contributed by atoms with E-state index in [1.165, 1.54) is 0 Å². The van der Waals surface area contributed by atoms with E-state index in [0.29, 0.717) is 5.69 Å². The normalized spacial score (nSPS) is 7.82. The zero-order valence-electron chi connectivity index (χ0n) is 7.04. The van der Waals surface area contributed by atoms with Crippen LogP contribution in [-0.2, 0) is 0 Å². The Hall–Kier alpha value is -1.31. The molecule has 11 heavy (non-hydrogen) atoms. The molecule has 1 aromatic rings.